The number of allylic oxidation sites excluding steroid dienone is 2. The highest BCUT2D eigenvalue weighted by molar-refractivity contribution is 7.07. The standard InChI is InChI=1S/C31H24Cl2N2OS/c1-19-5-7-21(8-6-19)18-27-30(36)35-29(22-11-15-25(33)16-12-22)26-4-2-3-23(28(26)34-31(35)37-27)17-20-9-13-24(32)14-10-20/h5-18,29H,2-4H2,1H3. The minimum absolute atomic E-state index is 0.00960. The van der Waals surface area contributed by atoms with Crippen molar-refractivity contribution in [2.75, 3.05) is 0 Å². The third kappa shape index (κ3) is 4.77. The first-order valence-electron chi connectivity index (χ1n) is 12.3. The SMILES string of the molecule is Cc1ccc(C=c2sc3n(c2=O)C(c2ccc(Cl)cc2)C2=C(N=3)C(=Cc3ccc(Cl)cc3)CCC2)cc1. The van der Waals surface area contributed by atoms with Gasteiger partial charge in [-0.25, -0.2) is 4.99 Å². The van der Waals surface area contributed by atoms with Gasteiger partial charge in [-0.3, -0.25) is 9.36 Å². The van der Waals surface area contributed by atoms with Gasteiger partial charge in [-0.05, 0) is 90.4 Å². The van der Waals surface area contributed by atoms with E-state index < -0.39 is 0 Å². The summed E-state index contributed by atoms with van der Waals surface area (Å²) in [6.07, 6.45) is 7.01. The van der Waals surface area contributed by atoms with Crippen LogP contribution in [0.1, 0.15) is 47.6 Å². The van der Waals surface area contributed by atoms with Gasteiger partial charge in [-0.15, -0.1) is 0 Å². The van der Waals surface area contributed by atoms with Crippen molar-refractivity contribution in [1.29, 1.82) is 0 Å². The molecule has 0 spiro atoms. The Morgan fingerprint density at radius 3 is 2.19 bits per heavy atom. The molecule has 2 heterocycles. The Morgan fingerprint density at radius 2 is 1.49 bits per heavy atom. The van der Waals surface area contributed by atoms with E-state index in [0.717, 1.165) is 51.5 Å². The summed E-state index contributed by atoms with van der Waals surface area (Å²) < 4.78 is 2.56. The number of benzene rings is 3. The lowest BCUT2D eigenvalue weighted by Gasteiger charge is -2.31. The lowest BCUT2D eigenvalue weighted by molar-refractivity contribution is 0.553. The maximum absolute atomic E-state index is 13.8. The van der Waals surface area contributed by atoms with E-state index in [4.69, 9.17) is 28.2 Å². The minimum atomic E-state index is -0.211. The third-order valence-electron chi connectivity index (χ3n) is 6.90. The van der Waals surface area contributed by atoms with Gasteiger partial charge in [0.2, 0.25) is 0 Å². The van der Waals surface area contributed by atoms with Crippen LogP contribution in [-0.4, -0.2) is 4.57 Å². The molecular weight excluding hydrogens is 519 g/mol. The number of hydrogen-bond acceptors (Lipinski definition) is 3. The van der Waals surface area contributed by atoms with Gasteiger partial charge in [-0.2, -0.15) is 0 Å². The van der Waals surface area contributed by atoms with E-state index in [1.54, 1.807) is 0 Å². The molecule has 0 fully saturated rings. The summed E-state index contributed by atoms with van der Waals surface area (Å²) in [4.78, 5) is 19.7. The van der Waals surface area contributed by atoms with Crippen LogP contribution in [0.15, 0.2) is 99.4 Å². The number of nitrogens with zero attached hydrogens (tertiary/aromatic N) is 2. The first-order chi connectivity index (χ1) is 18.0. The van der Waals surface area contributed by atoms with Crippen LogP contribution in [0.25, 0.3) is 12.2 Å². The Labute approximate surface area is 229 Å². The van der Waals surface area contributed by atoms with Crippen LogP contribution < -0.4 is 14.9 Å². The van der Waals surface area contributed by atoms with E-state index in [1.807, 2.05) is 71.3 Å². The number of halogens is 2. The summed E-state index contributed by atoms with van der Waals surface area (Å²) in [5, 5.41) is 1.40. The molecule has 0 radical (unpaired) electrons. The normalized spacial score (nSPS) is 18.5. The van der Waals surface area contributed by atoms with Crippen LogP contribution in [0.4, 0.5) is 0 Å². The third-order valence-corrected chi connectivity index (χ3v) is 8.39. The highest BCUT2D eigenvalue weighted by atomic mass is 35.5. The van der Waals surface area contributed by atoms with Gasteiger partial charge in [0.05, 0.1) is 16.3 Å². The van der Waals surface area contributed by atoms with Crippen molar-refractivity contribution >= 4 is 46.7 Å². The van der Waals surface area contributed by atoms with Crippen LogP contribution in [0.3, 0.4) is 0 Å². The predicted molar refractivity (Wildman–Crippen MR) is 154 cm³/mol. The van der Waals surface area contributed by atoms with Gasteiger partial charge in [-0.1, -0.05) is 88.6 Å². The van der Waals surface area contributed by atoms with Crippen LogP contribution in [-0.2, 0) is 0 Å². The quantitative estimate of drug-likeness (QED) is 0.272. The molecule has 1 atom stereocenters. The first-order valence-corrected chi connectivity index (χ1v) is 13.9. The van der Waals surface area contributed by atoms with Gasteiger partial charge in [0, 0.05) is 10.0 Å². The van der Waals surface area contributed by atoms with E-state index in [0.29, 0.717) is 9.55 Å². The zero-order valence-corrected chi connectivity index (χ0v) is 22.6. The average Bonchev–Trinajstić information content (AvgIpc) is 3.21. The molecule has 6 heteroatoms. The smallest absolute Gasteiger partial charge is 0.271 e. The molecule has 3 aromatic carbocycles. The second-order valence-corrected chi connectivity index (χ2v) is 11.4. The highest BCUT2D eigenvalue weighted by Crippen LogP contribution is 2.41. The molecule has 3 nitrogen and oxygen atoms in total. The highest BCUT2D eigenvalue weighted by Gasteiger charge is 2.32. The fraction of sp³-hybridized carbons (Fsp3) is 0.161. The Hall–Kier alpha value is -3.18. The van der Waals surface area contributed by atoms with Crippen molar-refractivity contribution in [2.24, 2.45) is 4.99 Å². The van der Waals surface area contributed by atoms with Gasteiger partial charge >= 0.3 is 0 Å². The molecule has 1 aliphatic heterocycles. The molecule has 6 rings (SSSR count). The molecule has 184 valence electrons. The summed E-state index contributed by atoms with van der Waals surface area (Å²) >= 11 is 13.8. The lowest BCUT2D eigenvalue weighted by atomic mass is 9.84. The number of rotatable bonds is 3. The molecule has 0 saturated carbocycles. The molecule has 1 aliphatic carbocycles. The molecule has 1 unspecified atom stereocenters. The Balaban J connectivity index is 1.57. The van der Waals surface area contributed by atoms with Crippen molar-refractivity contribution in [3.8, 4) is 0 Å². The van der Waals surface area contributed by atoms with Gasteiger partial charge in [0.15, 0.2) is 4.80 Å². The molecule has 37 heavy (non-hydrogen) atoms. The van der Waals surface area contributed by atoms with Crippen molar-refractivity contribution in [3.05, 3.63) is 142 Å². The fourth-order valence-corrected chi connectivity index (χ4v) is 6.33. The zero-order valence-electron chi connectivity index (χ0n) is 20.2. The number of aryl methyl sites for hydroxylation is 1. The molecule has 0 amide bonds. The van der Waals surface area contributed by atoms with Crippen molar-refractivity contribution < 1.29 is 0 Å². The van der Waals surface area contributed by atoms with Gasteiger partial charge < -0.3 is 0 Å². The molecule has 1 aromatic heterocycles. The van der Waals surface area contributed by atoms with Crippen LogP contribution in [0.5, 0.6) is 0 Å². The maximum Gasteiger partial charge on any atom is 0.271 e. The molecule has 0 saturated heterocycles. The van der Waals surface area contributed by atoms with Crippen molar-refractivity contribution in [2.45, 2.75) is 32.2 Å². The summed E-state index contributed by atoms with van der Waals surface area (Å²) in [6, 6.07) is 23.7. The van der Waals surface area contributed by atoms with E-state index in [2.05, 4.69) is 25.1 Å². The Morgan fingerprint density at radius 1 is 0.865 bits per heavy atom. The summed E-state index contributed by atoms with van der Waals surface area (Å²) in [7, 11) is 0. The van der Waals surface area contributed by atoms with Gasteiger partial charge in [0.25, 0.3) is 5.56 Å². The second-order valence-electron chi connectivity index (χ2n) is 9.49. The number of hydrogen-bond donors (Lipinski definition) is 0. The number of fused-ring (bicyclic) bond motifs is 1. The molecular formula is C31H24Cl2N2OS. The molecule has 2 aliphatic rings. The molecule has 4 aromatic rings. The van der Waals surface area contributed by atoms with Crippen molar-refractivity contribution in [3.63, 3.8) is 0 Å². The molecule has 0 bridgehead atoms. The van der Waals surface area contributed by atoms with E-state index in [-0.39, 0.29) is 11.6 Å². The number of aromatic nitrogens is 1. The average molecular weight is 544 g/mol. The maximum atomic E-state index is 13.8. The Bertz CT molecular complexity index is 1730. The van der Waals surface area contributed by atoms with Crippen LogP contribution in [0.2, 0.25) is 10.0 Å². The number of thiazole rings is 1. The second kappa shape index (κ2) is 9.94. The lowest BCUT2D eigenvalue weighted by Crippen LogP contribution is -2.39. The van der Waals surface area contributed by atoms with Crippen molar-refractivity contribution in [1.82, 2.24) is 4.57 Å². The first kappa shape index (κ1) is 24.2. The Kier molecular flexibility index (Phi) is 6.49. The molecule has 0 N–H and O–H groups in total. The van der Waals surface area contributed by atoms with Crippen LogP contribution in [0, 0.1) is 6.92 Å². The van der Waals surface area contributed by atoms with E-state index >= 15 is 0 Å². The zero-order chi connectivity index (χ0) is 25.5. The summed E-state index contributed by atoms with van der Waals surface area (Å²) in [5.74, 6) is 0. The fourth-order valence-electron chi connectivity index (χ4n) is 5.08. The van der Waals surface area contributed by atoms with E-state index in [1.165, 1.54) is 28.0 Å². The van der Waals surface area contributed by atoms with Gasteiger partial charge in [0.1, 0.15) is 0 Å². The van der Waals surface area contributed by atoms with Crippen LogP contribution >= 0.6 is 34.5 Å². The minimum Gasteiger partial charge on any atom is -0.272 e. The van der Waals surface area contributed by atoms with E-state index in [9.17, 15) is 4.79 Å². The monoisotopic (exact) mass is 542 g/mol. The largest absolute Gasteiger partial charge is 0.272 e. The summed E-state index contributed by atoms with van der Waals surface area (Å²) in [5.41, 5.74) is 7.70. The predicted octanol–water partition coefficient (Wildman–Crippen LogP) is 7.10. The topological polar surface area (TPSA) is 34.4 Å². The summed E-state index contributed by atoms with van der Waals surface area (Å²) in [6.45, 7) is 2.06.